The van der Waals surface area contributed by atoms with Gasteiger partial charge in [0.2, 0.25) is 0 Å². The fourth-order valence-electron chi connectivity index (χ4n) is 3.80. The number of anilines is 1. The van der Waals surface area contributed by atoms with E-state index in [1.807, 2.05) is 36.1 Å². The molecular weight excluding hydrogens is 310 g/mol. The molecule has 4 heteroatoms. The quantitative estimate of drug-likeness (QED) is 0.682. The van der Waals surface area contributed by atoms with Gasteiger partial charge >= 0.3 is 0 Å². The molecule has 4 nitrogen and oxygen atoms in total. The first kappa shape index (κ1) is 15.8. The van der Waals surface area contributed by atoms with E-state index in [2.05, 4.69) is 23.2 Å². The summed E-state index contributed by atoms with van der Waals surface area (Å²) in [6.07, 6.45) is 3.17. The van der Waals surface area contributed by atoms with Crippen LogP contribution in [0.5, 0.6) is 0 Å². The van der Waals surface area contributed by atoms with E-state index in [0.717, 1.165) is 42.6 Å². The van der Waals surface area contributed by atoms with Crippen LogP contribution in [0.15, 0.2) is 48.5 Å². The molecule has 3 aromatic rings. The molecule has 0 spiro atoms. The maximum atomic E-state index is 13.2. The van der Waals surface area contributed by atoms with Gasteiger partial charge < -0.3 is 15.6 Å². The molecular formula is C21H23N3O. The number of para-hydroxylation sites is 1. The van der Waals surface area contributed by atoms with Gasteiger partial charge in [0, 0.05) is 29.0 Å². The highest BCUT2D eigenvalue weighted by Crippen LogP contribution is 2.34. The third-order valence-corrected chi connectivity index (χ3v) is 5.17. The number of nitrogens with zero attached hydrogens (tertiary/aromatic N) is 1. The summed E-state index contributed by atoms with van der Waals surface area (Å²) in [4.78, 5) is 18.7. The molecule has 1 fully saturated rings. The van der Waals surface area contributed by atoms with Crippen LogP contribution in [0.3, 0.4) is 0 Å². The monoisotopic (exact) mass is 333 g/mol. The van der Waals surface area contributed by atoms with Crippen molar-refractivity contribution in [3.63, 3.8) is 0 Å². The minimum absolute atomic E-state index is 0.0770. The number of nitrogen functional groups attached to an aromatic ring is 1. The molecule has 128 valence electrons. The number of amides is 1. The van der Waals surface area contributed by atoms with Gasteiger partial charge in [-0.1, -0.05) is 24.3 Å². The highest BCUT2D eigenvalue weighted by atomic mass is 16.2. The predicted octanol–water partition coefficient (Wildman–Crippen LogP) is 4.43. The number of H-pyrrole nitrogens is 1. The van der Waals surface area contributed by atoms with Gasteiger partial charge in [0.15, 0.2) is 0 Å². The number of likely N-dealkylation sites (tertiary alicyclic amines) is 1. The number of aromatic nitrogens is 1. The molecule has 4 rings (SSSR count). The number of benzene rings is 2. The minimum atomic E-state index is 0.0770. The maximum absolute atomic E-state index is 13.2. The normalized spacial score (nSPS) is 17.8. The summed E-state index contributed by atoms with van der Waals surface area (Å²) in [7, 11) is 0. The zero-order valence-corrected chi connectivity index (χ0v) is 14.5. The Labute approximate surface area is 147 Å². The molecule has 1 aliphatic heterocycles. The lowest BCUT2D eigenvalue weighted by Gasteiger charge is -2.35. The van der Waals surface area contributed by atoms with Crippen molar-refractivity contribution in [2.75, 3.05) is 12.3 Å². The Kier molecular flexibility index (Phi) is 3.96. The highest BCUT2D eigenvalue weighted by molar-refractivity contribution is 5.97. The first-order valence-corrected chi connectivity index (χ1v) is 8.88. The summed E-state index contributed by atoms with van der Waals surface area (Å²) in [6.45, 7) is 2.75. The van der Waals surface area contributed by atoms with Crippen molar-refractivity contribution in [1.82, 2.24) is 9.88 Å². The molecule has 0 aliphatic carbocycles. The van der Waals surface area contributed by atoms with Gasteiger partial charge in [-0.2, -0.15) is 0 Å². The number of piperidine rings is 1. The van der Waals surface area contributed by atoms with E-state index in [4.69, 9.17) is 5.73 Å². The van der Waals surface area contributed by atoms with Crippen LogP contribution in [0, 0.1) is 6.92 Å². The average molecular weight is 333 g/mol. The molecule has 0 bridgehead atoms. The topological polar surface area (TPSA) is 62.1 Å². The number of carbonyl (C=O) groups excluding carboxylic acids is 1. The lowest BCUT2D eigenvalue weighted by atomic mass is 9.97. The first-order chi connectivity index (χ1) is 12.1. The van der Waals surface area contributed by atoms with Crippen molar-refractivity contribution in [2.24, 2.45) is 0 Å². The second-order valence-corrected chi connectivity index (χ2v) is 6.90. The van der Waals surface area contributed by atoms with Gasteiger partial charge in [-0.05, 0) is 61.4 Å². The van der Waals surface area contributed by atoms with Crippen molar-refractivity contribution in [3.8, 4) is 0 Å². The van der Waals surface area contributed by atoms with Crippen LogP contribution < -0.4 is 5.73 Å². The summed E-state index contributed by atoms with van der Waals surface area (Å²) >= 11 is 0. The fourth-order valence-corrected chi connectivity index (χ4v) is 3.80. The Hall–Kier alpha value is -2.75. The molecule has 25 heavy (non-hydrogen) atoms. The van der Waals surface area contributed by atoms with Crippen LogP contribution in [0.25, 0.3) is 10.9 Å². The molecule has 2 heterocycles. The number of nitrogens with two attached hydrogens (primary N) is 1. The number of carbonyl (C=O) groups is 1. The maximum Gasteiger partial charge on any atom is 0.254 e. The van der Waals surface area contributed by atoms with E-state index in [0.29, 0.717) is 11.3 Å². The Morgan fingerprint density at radius 3 is 2.84 bits per heavy atom. The number of nitrogens with one attached hydrogen (secondary N) is 1. The standard InChI is InChI=1S/C21H23N3O/c1-14-9-10-16(22)13-17(14)21(25)24-11-5-4-8-20(24)19-12-15-6-2-3-7-18(15)23-19/h2-3,6-7,9-10,12-13,20,23H,4-5,8,11,22H2,1H3. The van der Waals surface area contributed by atoms with Crippen molar-refractivity contribution in [3.05, 3.63) is 65.4 Å². The summed E-state index contributed by atoms with van der Waals surface area (Å²) in [5.41, 5.74) is 10.5. The Morgan fingerprint density at radius 2 is 2.00 bits per heavy atom. The molecule has 1 aromatic heterocycles. The zero-order chi connectivity index (χ0) is 17.4. The Bertz CT molecular complexity index is 895. The van der Waals surface area contributed by atoms with E-state index in [-0.39, 0.29) is 11.9 Å². The number of rotatable bonds is 2. The van der Waals surface area contributed by atoms with Crippen LogP contribution in [0.4, 0.5) is 5.69 Å². The van der Waals surface area contributed by atoms with E-state index in [9.17, 15) is 4.79 Å². The molecule has 1 saturated heterocycles. The Balaban J connectivity index is 1.71. The predicted molar refractivity (Wildman–Crippen MR) is 102 cm³/mol. The van der Waals surface area contributed by atoms with E-state index in [1.165, 1.54) is 5.39 Å². The van der Waals surface area contributed by atoms with Crippen LogP contribution in [0.2, 0.25) is 0 Å². The molecule has 2 aromatic carbocycles. The van der Waals surface area contributed by atoms with Crippen molar-refractivity contribution in [2.45, 2.75) is 32.2 Å². The number of hydrogen-bond acceptors (Lipinski definition) is 2. The average Bonchev–Trinajstić information content (AvgIpc) is 3.07. The molecule has 0 radical (unpaired) electrons. The van der Waals surface area contributed by atoms with E-state index in [1.54, 1.807) is 6.07 Å². The van der Waals surface area contributed by atoms with Crippen molar-refractivity contribution >= 4 is 22.5 Å². The lowest BCUT2D eigenvalue weighted by molar-refractivity contribution is 0.0606. The summed E-state index contributed by atoms with van der Waals surface area (Å²) in [6, 6.07) is 16.1. The summed E-state index contributed by atoms with van der Waals surface area (Å²) in [5.74, 6) is 0.0770. The lowest BCUT2D eigenvalue weighted by Crippen LogP contribution is -2.39. The second-order valence-electron chi connectivity index (χ2n) is 6.90. The minimum Gasteiger partial charge on any atom is -0.399 e. The number of aromatic amines is 1. The van der Waals surface area contributed by atoms with Crippen LogP contribution >= 0.6 is 0 Å². The number of fused-ring (bicyclic) bond motifs is 1. The van der Waals surface area contributed by atoms with Gasteiger partial charge in [0.25, 0.3) is 5.91 Å². The molecule has 1 aliphatic rings. The van der Waals surface area contributed by atoms with Gasteiger partial charge in [-0.3, -0.25) is 4.79 Å². The summed E-state index contributed by atoms with van der Waals surface area (Å²) in [5, 5.41) is 1.19. The van der Waals surface area contributed by atoms with E-state index >= 15 is 0 Å². The molecule has 3 N–H and O–H groups in total. The van der Waals surface area contributed by atoms with E-state index < -0.39 is 0 Å². The SMILES string of the molecule is Cc1ccc(N)cc1C(=O)N1CCCCC1c1cc2ccccc2[nH]1. The van der Waals surface area contributed by atoms with Gasteiger partial charge in [-0.25, -0.2) is 0 Å². The van der Waals surface area contributed by atoms with Crippen LogP contribution in [-0.4, -0.2) is 22.3 Å². The fraction of sp³-hybridized carbons (Fsp3) is 0.286. The Morgan fingerprint density at radius 1 is 1.16 bits per heavy atom. The first-order valence-electron chi connectivity index (χ1n) is 8.88. The van der Waals surface area contributed by atoms with Crippen molar-refractivity contribution in [1.29, 1.82) is 0 Å². The van der Waals surface area contributed by atoms with Gasteiger partial charge in [0.1, 0.15) is 0 Å². The highest BCUT2D eigenvalue weighted by Gasteiger charge is 2.30. The smallest absolute Gasteiger partial charge is 0.254 e. The second kappa shape index (κ2) is 6.28. The molecule has 1 unspecified atom stereocenters. The van der Waals surface area contributed by atoms with Crippen LogP contribution in [-0.2, 0) is 0 Å². The van der Waals surface area contributed by atoms with Crippen molar-refractivity contribution < 1.29 is 4.79 Å². The summed E-state index contributed by atoms with van der Waals surface area (Å²) < 4.78 is 0. The third-order valence-electron chi connectivity index (χ3n) is 5.17. The van der Waals surface area contributed by atoms with Crippen LogP contribution in [0.1, 0.15) is 46.9 Å². The van der Waals surface area contributed by atoms with Gasteiger partial charge in [0.05, 0.1) is 6.04 Å². The third kappa shape index (κ3) is 2.88. The molecule has 1 atom stereocenters. The number of hydrogen-bond donors (Lipinski definition) is 2. The van der Waals surface area contributed by atoms with Gasteiger partial charge in [-0.15, -0.1) is 0 Å². The zero-order valence-electron chi connectivity index (χ0n) is 14.5. The number of aryl methyl sites for hydroxylation is 1. The largest absolute Gasteiger partial charge is 0.399 e. The molecule has 0 saturated carbocycles. The molecule has 1 amide bonds.